The highest BCUT2D eigenvalue weighted by Crippen LogP contribution is 2.27. The smallest absolute Gasteiger partial charge is 0.382 e. The molecular weight excluding hydrogens is 281 g/mol. The Morgan fingerprint density at radius 3 is 2.68 bits per heavy atom. The summed E-state index contributed by atoms with van der Waals surface area (Å²) in [5.41, 5.74) is 5.79. The van der Waals surface area contributed by atoms with E-state index in [0.29, 0.717) is 18.0 Å². The Balaban J connectivity index is 2.44. The van der Waals surface area contributed by atoms with Crippen LogP contribution < -0.4 is 16.4 Å². The van der Waals surface area contributed by atoms with Gasteiger partial charge in [-0.3, -0.25) is 4.79 Å². The van der Waals surface area contributed by atoms with Gasteiger partial charge in [-0.15, -0.1) is 0 Å². The number of nitrogens with two attached hydrogens (primary N) is 1. The van der Waals surface area contributed by atoms with E-state index in [4.69, 9.17) is 5.73 Å². The van der Waals surface area contributed by atoms with Gasteiger partial charge < -0.3 is 16.4 Å². The van der Waals surface area contributed by atoms with Gasteiger partial charge in [-0.05, 0) is 24.4 Å². The van der Waals surface area contributed by atoms with E-state index in [-0.39, 0.29) is 23.7 Å². The SMILES string of the molecule is CNC(=O)c1c(N)nsc1NCCCCC(F)(F)F. The van der Waals surface area contributed by atoms with E-state index >= 15 is 0 Å². The molecule has 0 atom stereocenters. The van der Waals surface area contributed by atoms with Crippen molar-refractivity contribution in [2.24, 2.45) is 0 Å². The number of nitrogen functional groups attached to an aromatic ring is 1. The lowest BCUT2D eigenvalue weighted by atomic mass is 10.2. The molecule has 0 aliphatic carbocycles. The van der Waals surface area contributed by atoms with Crippen LogP contribution in [-0.4, -0.2) is 30.0 Å². The van der Waals surface area contributed by atoms with Crippen LogP contribution in [-0.2, 0) is 0 Å². The average molecular weight is 296 g/mol. The standard InChI is InChI=1S/C10H15F3N4OS/c1-15-8(18)6-7(14)17-19-9(6)16-5-3-2-4-10(11,12)13/h16H,2-5H2,1H3,(H2,14,17)(H,15,18). The summed E-state index contributed by atoms with van der Waals surface area (Å²) < 4.78 is 39.6. The first-order valence-corrected chi connectivity index (χ1v) is 6.40. The predicted molar refractivity (Wildman–Crippen MR) is 68.3 cm³/mol. The van der Waals surface area contributed by atoms with Gasteiger partial charge in [0.05, 0.1) is 0 Å². The van der Waals surface area contributed by atoms with Gasteiger partial charge in [0.25, 0.3) is 5.91 Å². The molecule has 0 spiro atoms. The number of hydrogen-bond donors (Lipinski definition) is 3. The molecule has 0 aliphatic heterocycles. The third-order valence-electron chi connectivity index (χ3n) is 2.35. The van der Waals surface area contributed by atoms with Gasteiger partial charge in [0.1, 0.15) is 10.6 Å². The van der Waals surface area contributed by atoms with Gasteiger partial charge in [-0.1, -0.05) is 0 Å². The lowest BCUT2D eigenvalue weighted by molar-refractivity contribution is -0.135. The summed E-state index contributed by atoms with van der Waals surface area (Å²) in [6.07, 6.45) is -4.53. The number of amides is 1. The molecule has 1 amide bonds. The quantitative estimate of drug-likeness (QED) is 0.703. The second-order valence-electron chi connectivity index (χ2n) is 3.85. The van der Waals surface area contributed by atoms with Crippen molar-refractivity contribution in [2.45, 2.75) is 25.4 Å². The first kappa shape index (κ1) is 15.5. The normalized spacial score (nSPS) is 11.4. The van der Waals surface area contributed by atoms with E-state index in [1.54, 1.807) is 0 Å². The number of carbonyl (C=O) groups excluding carboxylic acids is 1. The van der Waals surface area contributed by atoms with Crippen molar-refractivity contribution < 1.29 is 18.0 Å². The van der Waals surface area contributed by atoms with Gasteiger partial charge in [0, 0.05) is 20.0 Å². The number of anilines is 2. The molecule has 1 heterocycles. The van der Waals surface area contributed by atoms with E-state index in [9.17, 15) is 18.0 Å². The molecule has 0 saturated heterocycles. The second kappa shape index (κ2) is 6.60. The molecule has 0 saturated carbocycles. The molecule has 0 aromatic carbocycles. The summed E-state index contributed by atoms with van der Waals surface area (Å²) >= 11 is 1.01. The fraction of sp³-hybridized carbons (Fsp3) is 0.600. The van der Waals surface area contributed by atoms with Crippen LogP contribution in [0.4, 0.5) is 24.0 Å². The van der Waals surface area contributed by atoms with Crippen molar-refractivity contribution in [3.63, 3.8) is 0 Å². The Kier molecular flexibility index (Phi) is 5.40. The monoisotopic (exact) mass is 296 g/mol. The Bertz CT molecular complexity index is 433. The number of carbonyl (C=O) groups is 1. The summed E-state index contributed by atoms with van der Waals surface area (Å²) in [6.45, 7) is 0.335. The largest absolute Gasteiger partial charge is 0.389 e. The van der Waals surface area contributed by atoms with Gasteiger partial charge >= 0.3 is 6.18 Å². The molecule has 0 bridgehead atoms. The third kappa shape index (κ3) is 4.93. The zero-order chi connectivity index (χ0) is 14.5. The second-order valence-corrected chi connectivity index (χ2v) is 4.62. The third-order valence-corrected chi connectivity index (χ3v) is 3.16. The highest BCUT2D eigenvalue weighted by Gasteiger charge is 2.25. The van der Waals surface area contributed by atoms with Gasteiger partial charge in [0.2, 0.25) is 0 Å². The molecule has 5 nitrogen and oxygen atoms in total. The Hall–Kier alpha value is -1.51. The van der Waals surface area contributed by atoms with Gasteiger partial charge in [0.15, 0.2) is 5.82 Å². The van der Waals surface area contributed by atoms with Gasteiger partial charge in [-0.2, -0.15) is 17.5 Å². The minimum Gasteiger partial charge on any atom is -0.382 e. The number of unbranched alkanes of at least 4 members (excludes halogenated alkanes) is 1. The Labute approximate surface area is 112 Å². The zero-order valence-electron chi connectivity index (χ0n) is 10.3. The van der Waals surface area contributed by atoms with Crippen LogP contribution in [0.3, 0.4) is 0 Å². The first-order chi connectivity index (χ1) is 8.85. The molecule has 0 fully saturated rings. The molecule has 19 heavy (non-hydrogen) atoms. The van der Waals surface area contributed by atoms with Gasteiger partial charge in [-0.25, -0.2) is 0 Å². The minimum absolute atomic E-state index is 0.0418. The molecule has 4 N–H and O–H groups in total. The topological polar surface area (TPSA) is 80.0 Å². The number of hydrogen-bond acceptors (Lipinski definition) is 5. The molecule has 9 heteroatoms. The fourth-order valence-corrected chi connectivity index (χ4v) is 2.16. The van der Waals surface area contributed by atoms with E-state index in [1.165, 1.54) is 7.05 Å². The first-order valence-electron chi connectivity index (χ1n) is 5.63. The number of rotatable bonds is 6. The van der Waals surface area contributed by atoms with Crippen molar-refractivity contribution in [3.8, 4) is 0 Å². The zero-order valence-corrected chi connectivity index (χ0v) is 11.1. The minimum atomic E-state index is -4.12. The molecule has 108 valence electrons. The number of nitrogens with one attached hydrogen (secondary N) is 2. The van der Waals surface area contributed by atoms with Crippen LogP contribution in [0.15, 0.2) is 0 Å². The molecule has 0 unspecified atom stereocenters. The lowest BCUT2D eigenvalue weighted by Gasteiger charge is -2.07. The van der Waals surface area contributed by atoms with Crippen molar-refractivity contribution in [1.29, 1.82) is 0 Å². The molecule has 1 aromatic heterocycles. The van der Waals surface area contributed by atoms with Crippen molar-refractivity contribution in [2.75, 3.05) is 24.6 Å². The van der Waals surface area contributed by atoms with Crippen molar-refractivity contribution >= 4 is 28.3 Å². The van der Waals surface area contributed by atoms with Crippen LogP contribution in [0.2, 0.25) is 0 Å². The van der Waals surface area contributed by atoms with E-state index in [1.807, 2.05) is 0 Å². The van der Waals surface area contributed by atoms with Crippen molar-refractivity contribution in [1.82, 2.24) is 9.69 Å². The molecule has 1 aromatic rings. The Morgan fingerprint density at radius 1 is 1.42 bits per heavy atom. The fourth-order valence-electron chi connectivity index (χ4n) is 1.42. The van der Waals surface area contributed by atoms with E-state index in [0.717, 1.165) is 11.5 Å². The molecular formula is C10H15F3N4OS. The summed E-state index contributed by atoms with van der Waals surface area (Å²) in [5, 5.41) is 5.79. The summed E-state index contributed by atoms with van der Waals surface area (Å²) in [5.74, 6) is -0.258. The maximum Gasteiger partial charge on any atom is 0.389 e. The predicted octanol–water partition coefficient (Wildman–Crippen LogP) is 2.23. The van der Waals surface area contributed by atoms with E-state index in [2.05, 4.69) is 15.0 Å². The molecule has 0 aliphatic rings. The van der Waals surface area contributed by atoms with Crippen LogP contribution in [0, 0.1) is 0 Å². The number of aromatic nitrogens is 1. The average Bonchev–Trinajstić information content (AvgIpc) is 2.68. The number of alkyl halides is 3. The number of halogens is 3. The summed E-state index contributed by atoms with van der Waals surface area (Å²) in [7, 11) is 1.46. The lowest BCUT2D eigenvalue weighted by Crippen LogP contribution is -2.20. The maximum absolute atomic E-state index is 11.9. The van der Waals surface area contributed by atoms with Crippen molar-refractivity contribution in [3.05, 3.63) is 5.56 Å². The molecule has 0 radical (unpaired) electrons. The van der Waals surface area contributed by atoms with Crippen LogP contribution in [0.5, 0.6) is 0 Å². The Morgan fingerprint density at radius 2 is 2.11 bits per heavy atom. The van der Waals surface area contributed by atoms with Crippen LogP contribution >= 0.6 is 11.5 Å². The maximum atomic E-state index is 11.9. The summed E-state index contributed by atoms with van der Waals surface area (Å²) in [6, 6.07) is 0. The highest BCUT2D eigenvalue weighted by molar-refractivity contribution is 7.11. The van der Waals surface area contributed by atoms with Crippen LogP contribution in [0.1, 0.15) is 29.6 Å². The van der Waals surface area contributed by atoms with Crippen LogP contribution in [0.25, 0.3) is 0 Å². The molecule has 1 rings (SSSR count). The highest BCUT2D eigenvalue weighted by atomic mass is 32.1. The summed E-state index contributed by atoms with van der Waals surface area (Å²) in [4.78, 5) is 11.5. The number of nitrogens with zero attached hydrogens (tertiary/aromatic N) is 1. The van der Waals surface area contributed by atoms with E-state index < -0.39 is 12.6 Å².